The second kappa shape index (κ2) is 6.34. The molecule has 0 aliphatic rings. The van der Waals surface area contributed by atoms with Gasteiger partial charge in [-0.3, -0.25) is 10.2 Å². The Labute approximate surface area is 135 Å². The highest BCUT2D eigenvalue weighted by Gasteiger charge is 2.19. The average Bonchev–Trinajstić information content (AvgIpc) is 2.85. The quantitative estimate of drug-likeness (QED) is 0.817. The molecule has 0 bridgehead atoms. The van der Waals surface area contributed by atoms with Gasteiger partial charge in [-0.2, -0.15) is 0 Å². The van der Waals surface area contributed by atoms with Crippen LogP contribution < -0.4 is 16.2 Å². The highest BCUT2D eigenvalue weighted by molar-refractivity contribution is 7.12. The third-order valence-corrected chi connectivity index (χ3v) is 4.42. The molecule has 3 amide bonds. The summed E-state index contributed by atoms with van der Waals surface area (Å²) >= 11 is 13.0. The van der Waals surface area contributed by atoms with Crippen molar-refractivity contribution >= 4 is 52.2 Å². The van der Waals surface area contributed by atoms with Gasteiger partial charge in [0, 0.05) is 0 Å². The Balaban J connectivity index is 2.28. The first kappa shape index (κ1) is 15.6. The van der Waals surface area contributed by atoms with E-state index in [9.17, 15) is 9.59 Å². The van der Waals surface area contributed by atoms with Crippen LogP contribution in [0.2, 0.25) is 10.0 Å². The van der Waals surface area contributed by atoms with Gasteiger partial charge in [-0.15, -0.1) is 11.3 Å². The topological polar surface area (TPSA) is 75.4 Å². The van der Waals surface area contributed by atoms with Crippen LogP contribution in [0.15, 0.2) is 29.6 Å². The highest BCUT2D eigenvalue weighted by Crippen LogP contribution is 2.27. The lowest BCUT2D eigenvalue weighted by Crippen LogP contribution is -2.49. The van der Waals surface area contributed by atoms with Crippen molar-refractivity contribution in [3.8, 4) is 0 Å². The van der Waals surface area contributed by atoms with Crippen molar-refractivity contribution in [2.24, 2.45) is 5.73 Å². The number of hydrogen-bond donors (Lipinski definition) is 2. The fourth-order valence-electron chi connectivity index (χ4n) is 1.63. The summed E-state index contributed by atoms with van der Waals surface area (Å²) in [5.41, 5.74) is 8.88. The minimum atomic E-state index is -0.837. The number of rotatable bonds is 2. The standard InChI is InChI=1S/C13H11Cl2N3O2S/c1-7-4-5-21-11(7)12(19)17-18(13(16)20)8-2-3-9(14)10(15)6-8/h2-6H,1H3,(H2,16,20)(H,17,19). The third-order valence-electron chi connectivity index (χ3n) is 2.66. The molecule has 0 saturated heterocycles. The zero-order chi connectivity index (χ0) is 15.6. The smallest absolute Gasteiger partial charge is 0.338 e. The van der Waals surface area contributed by atoms with Gasteiger partial charge in [0.1, 0.15) is 0 Å². The number of hydrazine groups is 1. The molecular weight excluding hydrogens is 333 g/mol. The molecule has 8 heteroatoms. The van der Waals surface area contributed by atoms with E-state index in [1.54, 1.807) is 12.3 Å². The van der Waals surface area contributed by atoms with E-state index in [0.717, 1.165) is 10.6 Å². The number of thiophene rings is 1. The number of nitrogens with two attached hydrogens (primary N) is 1. The maximum Gasteiger partial charge on any atom is 0.338 e. The van der Waals surface area contributed by atoms with Gasteiger partial charge in [0.05, 0.1) is 20.6 Å². The number of carbonyl (C=O) groups excluding carboxylic acids is 2. The van der Waals surface area contributed by atoms with Gasteiger partial charge in [0.15, 0.2) is 0 Å². The molecule has 3 N–H and O–H groups in total. The molecule has 110 valence electrons. The van der Waals surface area contributed by atoms with Crippen LogP contribution in [0.25, 0.3) is 0 Å². The van der Waals surface area contributed by atoms with Crippen LogP contribution in [-0.4, -0.2) is 11.9 Å². The number of benzene rings is 1. The van der Waals surface area contributed by atoms with E-state index in [0.29, 0.717) is 15.6 Å². The molecular formula is C13H11Cl2N3O2S. The van der Waals surface area contributed by atoms with E-state index in [1.165, 1.54) is 29.5 Å². The second-order valence-corrected chi connectivity index (χ2v) is 5.88. The van der Waals surface area contributed by atoms with Gasteiger partial charge >= 0.3 is 6.03 Å². The van der Waals surface area contributed by atoms with Crippen LogP contribution in [0.5, 0.6) is 0 Å². The van der Waals surface area contributed by atoms with Crippen molar-refractivity contribution in [3.05, 3.63) is 50.1 Å². The van der Waals surface area contributed by atoms with Crippen LogP contribution in [-0.2, 0) is 0 Å². The second-order valence-electron chi connectivity index (χ2n) is 4.15. The molecule has 2 aromatic rings. The van der Waals surface area contributed by atoms with Crippen molar-refractivity contribution in [1.82, 2.24) is 5.43 Å². The van der Waals surface area contributed by atoms with E-state index >= 15 is 0 Å². The lowest BCUT2D eigenvalue weighted by molar-refractivity contribution is 0.0954. The summed E-state index contributed by atoms with van der Waals surface area (Å²) in [6.07, 6.45) is 0. The number of anilines is 1. The van der Waals surface area contributed by atoms with Gasteiger partial charge in [0.2, 0.25) is 0 Å². The Kier molecular flexibility index (Phi) is 4.72. The highest BCUT2D eigenvalue weighted by atomic mass is 35.5. The minimum Gasteiger partial charge on any atom is -0.350 e. The number of nitrogens with one attached hydrogen (secondary N) is 1. The summed E-state index contributed by atoms with van der Waals surface area (Å²) in [6, 6.07) is 5.46. The number of aryl methyl sites for hydroxylation is 1. The summed E-state index contributed by atoms with van der Waals surface area (Å²) < 4.78 is 0. The van der Waals surface area contributed by atoms with Crippen molar-refractivity contribution in [3.63, 3.8) is 0 Å². The molecule has 0 aliphatic carbocycles. The van der Waals surface area contributed by atoms with E-state index < -0.39 is 11.9 Å². The molecule has 2 rings (SSSR count). The fourth-order valence-corrected chi connectivity index (χ4v) is 2.74. The monoisotopic (exact) mass is 343 g/mol. The lowest BCUT2D eigenvalue weighted by Gasteiger charge is -2.21. The Morgan fingerprint density at radius 3 is 2.48 bits per heavy atom. The number of hydrogen-bond acceptors (Lipinski definition) is 3. The van der Waals surface area contributed by atoms with Crippen molar-refractivity contribution in [2.45, 2.75) is 6.92 Å². The van der Waals surface area contributed by atoms with E-state index in [2.05, 4.69) is 5.43 Å². The summed E-state index contributed by atoms with van der Waals surface area (Å²) in [7, 11) is 0. The van der Waals surface area contributed by atoms with Gasteiger partial charge < -0.3 is 5.73 Å². The zero-order valence-corrected chi connectivity index (χ0v) is 13.2. The molecule has 5 nitrogen and oxygen atoms in total. The maximum absolute atomic E-state index is 12.2. The van der Waals surface area contributed by atoms with Gasteiger partial charge in [-0.05, 0) is 42.1 Å². The first-order valence-corrected chi connectivity index (χ1v) is 7.43. The lowest BCUT2D eigenvalue weighted by atomic mass is 10.3. The molecule has 1 aromatic carbocycles. The van der Waals surface area contributed by atoms with Gasteiger partial charge in [0.25, 0.3) is 5.91 Å². The summed E-state index contributed by atoms with van der Waals surface area (Å²) in [5.74, 6) is -0.424. The normalized spacial score (nSPS) is 10.2. The average molecular weight is 344 g/mol. The molecule has 0 spiro atoms. The number of primary amides is 1. The summed E-state index contributed by atoms with van der Waals surface area (Å²) in [5, 5.41) is 3.30. The van der Waals surface area contributed by atoms with Crippen molar-refractivity contribution in [1.29, 1.82) is 0 Å². The predicted octanol–water partition coefficient (Wildman–Crippen LogP) is 3.59. The van der Waals surface area contributed by atoms with E-state index in [-0.39, 0.29) is 5.02 Å². The Hall–Kier alpha value is -1.76. The van der Waals surface area contributed by atoms with Gasteiger partial charge in [-0.25, -0.2) is 9.80 Å². The number of carbonyl (C=O) groups is 2. The molecule has 0 aliphatic heterocycles. The number of halogens is 2. The Morgan fingerprint density at radius 1 is 1.24 bits per heavy atom. The van der Waals surface area contributed by atoms with Gasteiger partial charge in [-0.1, -0.05) is 23.2 Å². The molecule has 0 atom stereocenters. The van der Waals surface area contributed by atoms with Crippen molar-refractivity contribution < 1.29 is 9.59 Å². The third kappa shape index (κ3) is 3.47. The van der Waals surface area contributed by atoms with E-state index in [1.807, 2.05) is 6.07 Å². The summed E-state index contributed by atoms with van der Waals surface area (Å²) in [6.45, 7) is 1.80. The predicted molar refractivity (Wildman–Crippen MR) is 85.0 cm³/mol. The Bertz CT molecular complexity index is 702. The first-order chi connectivity index (χ1) is 9.90. The largest absolute Gasteiger partial charge is 0.350 e. The fraction of sp³-hybridized carbons (Fsp3) is 0.0769. The molecule has 0 radical (unpaired) electrons. The number of amides is 3. The molecule has 0 unspecified atom stereocenters. The van der Waals surface area contributed by atoms with Crippen LogP contribution >= 0.6 is 34.5 Å². The number of urea groups is 1. The zero-order valence-electron chi connectivity index (χ0n) is 10.9. The van der Waals surface area contributed by atoms with Crippen LogP contribution in [0.3, 0.4) is 0 Å². The SMILES string of the molecule is Cc1ccsc1C(=O)NN(C(N)=O)c1ccc(Cl)c(Cl)c1. The van der Waals surface area contributed by atoms with E-state index in [4.69, 9.17) is 28.9 Å². The molecule has 0 saturated carbocycles. The molecule has 0 fully saturated rings. The molecule has 1 heterocycles. The maximum atomic E-state index is 12.2. The van der Waals surface area contributed by atoms with Crippen LogP contribution in [0, 0.1) is 6.92 Å². The van der Waals surface area contributed by atoms with Crippen molar-refractivity contribution in [2.75, 3.05) is 5.01 Å². The van der Waals surface area contributed by atoms with Crippen LogP contribution in [0.4, 0.5) is 10.5 Å². The minimum absolute atomic E-state index is 0.252. The van der Waals surface area contributed by atoms with Crippen LogP contribution in [0.1, 0.15) is 15.2 Å². The molecule has 21 heavy (non-hydrogen) atoms. The first-order valence-electron chi connectivity index (χ1n) is 5.80. The Morgan fingerprint density at radius 2 is 1.95 bits per heavy atom. The number of nitrogens with zero attached hydrogens (tertiary/aromatic N) is 1. The summed E-state index contributed by atoms with van der Waals surface area (Å²) in [4.78, 5) is 24.2. The molecule has 1 aromatic heterocycles.